The Balaban J connectivity index is 3.00. The first-order valence-electron chi connectivity index (χ1n) is 5.88. The summed E-state index contributed by atoms with van der Waals surface area (Å²) < 4.78 is 2.13. The van der Waals surface area contributed by atoms with Gasteiger partial charge in [0.2, 0.25) is 0 Å². The van der Waals surface area contributed by atoms with Gasteiger partial charge in [-0.1, -0.05) is 11.6 Å². The molecule has 3 nitrogen and oxygen atoms in total. The summed E-state index contributed by atoms with van der Waals surface area (Å²) in [5.74, 6) is -0.938. The quantitative estimate of drug-likeness (QED) is 0.885. The van der Waals surface area contributed by atoms with Gasteiger partial charge in [-0.2, -0.15) is 0 Å². The summed E-state index contributed by atoms with van der Waals surface area (Å²) in [5.41, 5.74) is 3.26. The van der Waals surface area contributed by atoms with Gasteiger partial charge in [0.1, 0.15) is 0 Å². The van der Waals surface area contributed by atoms with Crippen LogP contribution in [-0.2, 0) is 0 Å². The molecule has 1 N–H and O–H groups in total. The van der Waals surface area contributed by atoms with Gasteiger partial charge in [0.25, 0.3) is 0 Å². The van der Waals surface area contributed by atoms with Gasteiger partial charge in [-0.15, -0.1) is 0 Å². The Labute approximate surface area is 111 Å². The van der Waals surface area contributed by atoms with Crippen LogP contribution in [0.1, 0.15) is 41.5 Å². The summed E-state index contributed by atoms with van der Waals surface area (Å²) >= 11 is 6.03. The summed E-state index contributed by atoms with van der Waals surface area (Å²) in [6.45, 7) is 8.12. The molecule has 0 aliphatic rings. The molecule has 0 saturated carbocycles. The fraction of sp³-hybridized carbons (Fsp3) is 0.357. The number of halogens is 1. The van der Waals surface area contributed by atoms with Crippen molar-refractivity contribution in [2.24, 2.45) is 0 Å². The van der Waals surface area contributed by atoms with Gasteiger partial charge in [-0.05, 0) is 45.4 Å². The molecule has 0 aliphatic carbocycles. The number of benzene rings is 1. The standard InChI is InChI=1S/C14H16ClNO2/c1-7(2)16-9(4)8(3)13-11(14(17)18)5-10(15)6-12(13)16/h5-7H,1-4H3,(H,17,18). The maximum atomic E-state index is 11.3. The van der Waals surface area contributed by atoms with Gasteiger partial charge in [-0.25, -0.2) is 4.79 Å². The minimum atomic E-state index is -0.938. The molecule has 0 saturated heterocycles. The normalized spacial score (nSPS) is 11.4. The lowest BCUT2D eigenvalue weighted by Gasteiger charge is -2.12. The first-order chi connectivity index (χ1) is 8.34. The van der Waals surface area contributed by atoms with E-state index in [0.29, 0.717) is 5.02 Å². The first kappa shape index (κ1) is 13.0. The van der Waals surface area contributed by atoms with Crippen LogP contribution in [0.5, 0.6) is 0 Å². The summed E-state index contributed by atoms with van der Waals surface area (Å²) in [6.07, 6.45) is 0. The Morgan fingerprint density at radius 2 is 1.94 bits per heavy atom. The second-order valence-corrected chi connectivity index (χ2v) is 5.26. The second kappa shape index (κ2) is 4.32. The van der Waals surface area contributed by atoms with Gasteiger partial charge in [-0.3, -0.25) is 0 Å². The molecular weight excluding hydrogens is 250 g/mol. The van der Waals surface area contributed by atoms with Crippen molar-refractivity contribution >= 4 is 28.5 Å². The summed E-state index contributed by atoms with van der Waals surface area (Å²) in [7, 11) is 0. The molecule has 0 atom stereocenters. The van der Waals surface area contributed by atoms with Crippen LogP contribution in [0.2, 0.25) is 5.02 Å². The zero-order chi connectivity index (χ0) is 13.6. The van der Waals surface area contributed by atoms with E-state index in [0.717, 1.165) is 22.2 Å². The fourth-order valence-corrected chi connectivity index (χ4v) is 2.77. The van der Waals surface area contributed by atoms with Crippen molar-refractivity contribution in [3.05, 3.63) is 34.0 Å². The molecular formula is C14H16ClNO2. The van der Waals surface area contributed by atoms with Gasteiger partial charge in [0.15, 0.2) is 0 Å². The van der Waals surface area contributed by atoms with E-state index in [9.17, 15) is 9.90 Å². The predicted octanol–water partition coefficient (Wildman–Crippen LogP) is 4.19. The van der Waals surface area contributed by atoms with E-state index in [1.807, 2.05) is 19.9 Å². The van der Waals surface area contributed by atoms with E-state index in [2.05, 4.69) is 18.4 Å². The third-order valence-corrected chi connectivity index (χ3v) is 3.59. The molecule has 0 bridgehead atoms. The zero-order valence-electron chi connectivity index (χ0n) is 10.9. The number of hydrogen-bond acceptors (Lipinski definition) is 1. The van der Waals surface area contributed by atoms with E-state index >= 15 is 0 Å². The highest BCUT2D eigenvalue weighted by Crippen LogP contribution is 2.33. The number of carbonyl (C=O) groups is 1. The second-order valence-electron chi connectivity index (χ2n) is 4.83. The Hall–Kier alpha value is -1.48. The Kier molecular flexibility index (Phi) is 3.11. The topological polar surface area (TPSA) is 42.2 Å². The molecule has 0 amide bonds. The number of fused-ring (bicyclic) bond motifs is 1. The van der Waals surface area contributed by atoms with E-state index in [1.165, 1.54) is 6.07 Å². The lowest BCUT2D eigenvalue weighted by Crippen LogP contribution is -2.03. The lowest BCUT2D eigenvalue weighted by atomic mass is 10.1. The maximum Gasteiger partial charge on any atom is 0.336 e. The van der Waals surface area contributed by atoms with Crippen molar-refractivity contribution in [2.75, 3.05) is 0 Å². The van der Waals surface area contributed by atoms with Crippen LogP contribution in [0, 0.1) is 13.8 Å². The molecule has 0 aliphatic heterocycles. The van der Waals surface area contributed by atoms with Crippen LogP contribution in [0.15, 0.2) is 12.1 Å². The van der Waals surface area contributed by atoms with Crippen LogP contribution in [0.25, 0.3) is 10.9 Å². The summed E-state index contributed by atoms with van der Waals surface area (Å²) in [4.78, 5) is 11.3. The Morgan fingerprint density at radius 1 is 1.33 bits per heavy atom. The van der Waals surface area contributed by atoms with Crippen molar-refractivity contribution in [1.82, 2.24) is 4.57 Å². The average Bonchev–Trinajstić information content (AvgIpc) is 2.50. The molecule has 0 unspecified atom stereocenters. The molecule has 0 fully saturated rings. The lowest BCUT2D eigenvalue weighted by molar-refractivity contribution is 0.0699. The van der Waals surface area contributed by atoms with Crippen molar-refractivity contribution in [3.63, 3.8) is 0 Å². The molecule has 18 heavy (non-hydrogen) atoms. The van der Waals surface area contributed by atoms with Crippen molar-refractivity contribution in [1.29, 1.82) is 0 Å². The molecule has 2 aromatic rings. The minimum absolute atomic E-state index is 0.265. The van der Waals surface area contributed by atoms with Crippen LogP contribution in [0.3, 0.4) is 0 Å². The number of nitrogens with zero attached hydrogens (tertiary/aromatic N) is 1. The van der Waals surface area contributed by atoms with Crippen molar-refractivity contribution < 1.29 is 9.90 Å². The zero-order valence-corrected chi connectivity index (χ0v) is 11.7. The van der Waals surface area contributed by atoms with Crippen LogP contribution in [0.4, 0.5) is 0 Å². The van der Waals surface area contributed by atoms with Crippen LogP contribution < -0.4 is 0 Å². The predicted molar refractivity (Wildman–Crippen MR) is 73.8 cm³/mol. The number of rotatable bonds is 2. The summed E-state index contributed by atoms with van der Waals surface area (Å²) in [6, 6.07) is 3.62. The first-order valence-corrected chi connectivity index (χ1v) is 6.26. The Morgan fingerprint density at radius 3 is 2.44 bits per heavy atom. The van der Waals surface area contributed by atoms with E-state index < -0.39 is 5.97 Å². The van der Waals surface area contributed by atoms with Crippen LogP contribution >= 0.6 is 11.6 Å². The SMILES string of the molecule is Cc1c(C)n(C(C)C)c2cc(Cl)cc(C(=O)O)c12. The number of carboxylic acid groups (broad SMARTS) is 1. The summed E-state index contributed by atoms with van der Waals surface area (Å²) in [5, 5.41) is 10.6. The average molecular weight is 266 g/mol. The molecule has 0 spiro atoms. The van der Waals surface area contributed by atoms with Crippen molar-refractivity contribution in [3.8, 4) is 0 Å². The Bertz CT molecular complexity index is 641. The molecule has 1 aromatic heterocycles. The molecule has 2 rings (SSSR count). The number of hydrogen-bond donors (Lipinski definition) is 1. The van der Waals surface area contributed by atoms with Crippen LogP contribution in [-0.4, -0.2) is 15.6 Å². The molecule has 1 heterocycles. The number of aromatic nitrogens is 1. The van der Waals surface area contributed by atoms with E-state index in [-0.39, 0.29) is 11.6 Å². The maximum absolute atomic E-state index is 11.3. The smallest absolute Gasteiger partial charge is 0.336 e. The van der Waals surface area contributed by atoms with Gasteiger partial charge >= 0.3 is 5.97 Å². The van der Waals surface area contributed by atoms with E-state index in [4.69, 9.17) is 11.6 Å². The van der Waals surface area contributed by atoms with Gasteiger partial charge in [0, 0.05) is 22.1 Å². The highest BCUT2D eigenvalue weighted by atomic mass is 35.5. The molecule has 4 heteroatoms. The number of carboxylic acids is 1. The highest BCUT2D eigenvalue weighted by molar-refractivity contribution is 6.32. The molecule has 0 radical (unpaired) electrons. The monoisotopic (exact) mass is 265 g/mol. The minimum Gasteiger partial charge on any atom is -0.478 e. The number of aryl methyl sites for hydroxylation is 1. The van der Waals surface area contributed by atoms with E-state index in [1.54, 1.807) is 0 Å². The number of aromatic carboxylic acids is 1. The molecule has 1 aromatic carbocycles. The molecule has 96 valence electrons. The third kappa shape index (κ3) is 1.79. The largest absolute Gasteiger partial charge is 0.478 e. The van der Waals surface area contributed by atoms with Gasteiger partial charge in [0.05, 0.1) is 11.1 Å². The van der Waals surface area contributed by atoms with Gasteiger partial charge < -0.3 is 9.67 Å². The van der Waals surface area contributed by atoms with Crippen molar-refractivity contribution in [2.45, 2.75) is 33.7 Å². The highest BCUT2D eigenvalue weighted by Gasteiger charge is 2.19. The third-order valence-electron chi connectivity index (χ3n) is 3.37. The fourth-order valence-electron chi connectivity index (χ4n) is 2.55.